The first-order valence-corrected chi connectivity index (χ1v) is 17.7. The van der Waals surface area contributed by atoms with Crippen LogP contribution >= 0.6 is 0 Å². The molecular weight excluding hydrogens is 619 g/mol. The summed E-state index contributed by atoms with van der Waals surface area (Å²) in [5.74, 6) is 0. The lowest BCUT2D eigenvalue weighted by Crippen LogP contribution is -2.16. The van der Waals surface area contributed by atoms with Gasteiger partial charge in [-0.1, -0.05) is 141 Å². The van der Waals surface area contributed by atoms with Crippen molar-refractivity contribution in [2.24, 2.45) is 0 Å². The molecule has 0 aliphatic heterocycles. The maximum Gasteiger partial charge on any atom is 0.135 e. The topological polar surface area (TPSA) is 16.4 Å². The molecule has 1 aliphatic carbocycles. The second-order valence-corrected chi connectivity index (χ2v) is 14.1. The van der Waals surface area contributed by atoms with Crippen molar-refractivity contribution in [3.05, 3.63) is 187 Å². The van der Waals surface area contributed by atoms with Gasteiger partial charge in [0.15, 0.2) is 0 Å². The minimum Gasteiger partial charge on any atom is -0.456 e. The van der Waals surface area contributed by atoms with Gasteiger partial charge in [0.2, 0.25) is 0 Å². The Bertz CT molecular complexity index is 2750. The molecule has 0 fully saturated rings. The van der Waals surface area contributed by atoms with Crippen LogP contribution in [0.1, 0.15) is 25.0 Å². The van der Waals surface area contributed by atoms with Crippen LogP contribution in [0.15, 0.2) is 180 Å². The third-order valence-electron chi connectivity index (χ3n) is 10.8. The second kappa shape index (κ2) is 11.3. The van der Waals surface area contributed by atoms with E-state index in [1.165, 1.54) is 61.0 Å². The van der Waals surface area contributed by atoms with Crippen molar-refractivity contribution < 1.29 is 4.42 Å². The molecule has 1 aliphatic rings. The normalized spacial score (nSPS) is 13.1. The molecule has 2 nitrogen and oxygen atoms in total. The molecule has 10 rings (SSSR count). The van der Waals surface area contributed by atoms with Crippen LogP contribution < -0.4 is 4.90 Å². The Morgan fingerprint density at radius 3 is 1.78 bits per heavy atom. The zero-order valence-electron chi connectivity index (χ0n) is 28.6. The van der Waals surface area contributed by atoms with Gasteiger partial charge in [-0.2, -0.15) is 0 Å². The molecule has 0 saturated carbocycles. The molecule has 0 N–H and O–H groups in total. The van der Waals surface area contributed by atoms with E-state index in [0.717, 1.165) is 33.3 Å². The molecule has 1 aromatic heterocycles. The number of furan rings is 1. The number of nitrogens with zero attached hydrogens (tertiary/aromatic N) is 1. The molecule has 0 unspecified atom stereocenters. The van der Waals surface area contributed by atoms with Crippen molar-refractivity contribution >= 4 is 49.8 Å². The number of para-hydroxylation sites is 1. The summed E-state index contributed by atoms with van der Waals surface area (Å²) >= 11 is 0. The predicted molar refractivity (Wildman–Crippen MR) is 214 cm³/mol. The Kier molecular flexibility index (Phi) is 6.56. The lowest BCUT2D eigenvalue weighted by molar-refractivity contribution is 0.666. The van der Waals surface area contributed by atoms with Crippen molar-refractivity contribution in [2.75, 3.05) is 4.90 Å². The van der Waals surface area contributed by atoms with E-state index in [0.29, 0.717) is 0 Å². The van der Waals surface area contributed by atoms with Gasteiger partial charge in [-0.15, -0.1) is 0 Å². The quantitative estimate of drug-likeness (QED) is 0.184. The summed E-state index contributed by atoms with van der Waals surface area (Å²) in [6.45, 7) is 4.75. The minimum absolute atomic E-state index is 0.149. The fourth-order valence-corrected chi connectivity index (χ4v) is 8.38. The molecule has 8 aromatic carbocycles. The van der Waals surface area contributed by atoms with Gasteiger partial charge in [-0.05, 0) is 98.2 Å². The third kappa shape index (κ3) is 4.64. The Labute approximate surface area is 297 Å². The molecule has 2 heteroatoms. The zero-order valence-corrected chi connectivity index (χ0v) is 28.6. The maximum absolute atomic E-state index is 6.13. The van der Waals surface area contributed by atoms with Gasteiger partial charge in [0, 0.05) is 33.1 Å². The van der Waals surface area contributed by atoms with E-state index in [-0.39, 0.29) is 5.41 Å². The Morgan fingerprint density at radius 1 is 0.451 bits per heavy atom. The molecule has 0 bridgehead atoms. The monoisotopic (exact) mass is 653 g/mol. The number of rotatable bonds is 5. The summed E-state index contributed by atoms with van der Waals surface area (Å²) in [6, 6.07) is 63.7. The van der Waals surface area contributed by atoms with E-state index in [4.69, 9.17) is 4.42 Å². The molecular formula is C49H35NO. The molecule has 0 atom stereocenters. The average Bonchev–Trinajstić information content (AvgIpc) is 3.68. The summed E-state index contributed by atoms with van der Waals surface area (Å²) in [4.78, 5) is 2.45. The highest BCUT2D eigenvalue weighted by Gasteiger charge is 2.39. The van der Waals surface area contributed by atoms with Gasteiger partial charge in [-0.25, -0.2) is 0 Å². The van der Waals surface area contributed by atoms with Crippen molar-refractivity contribution in [3.8, 4) is 33.4 Å². The van der Waals surface area contributed by atoms with E-state index in [2.05, 4.69) is 183 Å². The number of fused-ring (bicyclic) bond motifs is 8. The van der Waals surface area contributed by atoms with Crippen LogP contribution in [-0.2, 0) is 5.41 Å². The highest BCUT2D eigenvalue weighted by molar-refractivity contribution is 6.07. The lowest BCUT2D eigenvalue weighted by Gasteiger charge is -2.30. The summed E-state index contributed by atoms with van der Waals surface area (Å²) in [6.07, 6.45) is 0. The predicted octanol–water partition coefficient (Wildman–Crippen LogP) is 13.8. The number of hydrogen-bond donors (Lipinski definition) is 0. The SMILES string of the molecule is CC1(C)c2ccccc2-c2c(N(c3ccc(-c4ccccc4)cc3)c3ccc(-c4ccc5oc6ccccc6c5c4)cc3)cc3ccccc3c21. The molecule has 0 amide bonds. The van der Waals surface area contributed by atoms with Crippen molar-refractivity contribution in [1.29, 1.82) is 0 Å². The average molecular weight is 654 g/mol. The summed E-state index contributed by atoms with van der Waals surface area (Å²) in [7, 11) is 0. The first kappa shape index (κ1) is 29.5. The Hall–Kier alpha value is -6.38. The first-order chi connectivity index (χ1) is 25.0. The minimum atomic E-state index is -0.149. The fourth-order valence-electron chi connectivity index (χ4n) is 8.38. The molecule has 0 spiro atoms. The van der Waals surface area contributed by atoms with Gasteiger partial charge >= 0.3 is 0 Å². The molecule has 51 heavy (non-hydrogen) atoms. The Balaban J connectivity index is 1.17. The van der Waals surface area contributed by atoms with Crippen LogP contribution in [-0.4, -0.2) is 0 Å². The van der Waals surface area contributed by atoms with Gasteiger partial charge < -0.3 is 9.32 Å². The van der Waals surface area contributed by atoms with Gasteiger partial charge in [0.05, 0.1) is 5.69 Å². The summed E-state index contributed by atoms with van der Waals surface area (Å²) < 4.78 is 6.13. The van der Waals surface area contributed by atoms with Crippen LogP contribution in [0.2, 0.25) is 0 Å². The maximum atomic E-state index is 6.13. The second-order valence-electron chi connectivity index (χ2n) is 14.1. The van der Waals surface area contributed by atoms with Gasteiger partial charge in [-0.3, -0.25) is 0 Å². The van der Waals surface area contributed by atoms with E-state index in [9.17, 15) is 0 Å². The van der Waals surface area contributed by atoms with Crippen LogP contribution in [0.5, 0.6) is 0 Å². The van der Waals surface area contributed by atoms with Crippen molar-refractivity contribution in [2.45, 2.75) is 19.3 Å². The molecule has 1 heterocycles. The van der Waals surface area contributed by atoms with Crippen LogP contribution in [0.4, 0.5) is 17.1 Å². The van der Waals surface area contributed by atoms with Crippen LogP contribution in [0.3, 0.4) is 0 Å². The smallest absolute Gasteiger partial charge is 0.135 e. The molecule has 242 valence electrons. The molecule has 9 aromatic rings. The van der Waals surface area contributed by atoms with Gasteiger partial charge in [0.25, 0.3) is 0 Å². The van der Waals surface area contributed by atoms with Crippen LogP contribution in [0.25, 0.3) is 66.1 Å². The third-order valence-corrected chi connectivity index (χ3v) is 10.8. The van der Waals surface area contributed by atoms with E-state index >= 15 is 0 Å². The molecule has 0 radical (unpaired) electrons. The first-order valence-electron chi connectivity index (χ1n) is 17.7. The fraction of sp³-hybridized carbons (Fsp3) is 0.0612. The van der Waals surface area contributed by atoms with Crippen molar-refractivity contribution in [1.82, 2.24) is 0 Å². The van der Waals surface area contributed by atoms with Crippen molar-refractivity contribution in [3.63, 3.8) is 0 Å². The highest BCUT2D eigenvalue weighted by atomic mass is 16.3. The number of benzene rings is 8. The largest absolute Gasteiger partial charge is 0.456 e. The molecule has 0 saturated heterocycles. The number of anilines is 3. The summed E-state index contributed by atoms with van der Waals surface area (Å²) in [5, 5.41) is 4.84. The lowest BCUT2D eigenvalue weighted by atomic mass is 9.80. The highest BCUT2D eigenvalue weighted by Crippen LogP contribution is 2.56. The zero-order chi connectivity index (χ0) is 34.1. The van der Waals surface area contributed by atoms with Gasteiger partial charge in [0.1, 0.15) is 11.2 Å². The Morgan fingerprint density at radius 2 is 1.02 bits per heavy atom. The van der Waals surface area contributed by atoms with E-state index in [1.54, 1.807) is 0 Å². The van der Waals surface area contributed by atoms with Crippen LogP contribution in [0, 0.1) is 0 Å². The van der Waals surface area contributed by atoms with E-state index in [1.807, 2.05) is 12.1 Å². The van der Waals surface area contributed by atoms with E-state index < -0.39 is 0 Å². The summed E-state index contributed by atoms with van der Waals surface area (Å²) in [5.41, 5.74) is 15.2. The standard InChI is InChI=1S/C49H35NO/c1-49(2)43-18-10-8-17-41(43)47-44(31-36-14-6-7-15-39(36)48(47)49)50(37-25-20-33(21-26-37)32-12-4-3-5-13-32)38-27-22-34(23-28-38)35-24-29-46-42(30-35)40-16-9-11-19-45(40)51-46/h3-31H,1-2H3. The number of hydrogen-bond acceptors (Lipinski definition) is 2.